The Kier molecular flexibility index (Phi) is 5.26. The number of piperidine rings is 1. The van der Waals surface area contributed by atoms with Crippen molar-refractivity contribution >= 4 is 12.0 Å². The topological polar surface area (TPSA) is 41.6 Å². The third-order valence-corrected chi connectivity index (χ3v) is 5.34. The zero-order valence-corrected chi connectivity index (χ0v) is 15.8. The lowest BCUT2D eigenvalue weighted by Crippen LogP contribution is -2.45. The highest BCUT2D eigenvalue weighted by Gasteiger charge is 2.23. The van der Waals surface area contributed by atoms with Gasteiger partial charge in [0.25, 0.3) is 5.91 Å². The SMILES string of the molecule is Cc1cccc(CN2CCC(NC(=O)C3=Cc4ccccc4OC3)CC2)c1. The summed E-state index contributed by atoms with van der Waals surface area (Å²) >= 11 is 0. The number of carbonyl (C=O) groups is 1. The quantitative estimate of drug-likeness (QED) is 0.904. The Hall–Kier alpha value is -2.59. The van der Waals surface area contributed by atoms with Crippen LogP contribution in [0.15, 0.2) is 54.1 Å². The summed E-state index contributed by atoms with van der Waals surface area (Å²) in [5.41, 5.74) is 4.35. The molecule has 1 saturated heterocycles. The predicted octanol–water partition coefficient (Wildman–Crippen LogP) is 3.55. The Morgan fingerprint density at radius 2 is 1.96 bits per heavy atom. The van der Waals surface area contributed by atoms with Crippen molar-refractivity contribution in [2.75, 3.05) is 19.7 Å². The lowest BCUT2D eigenvalue weighted by Gasteiger charge is -2.32. The summed E-state index contributed by atoms with van der Waals surface area (Å²) in [6.45, 7) is 5.48. The highest BCUT2D eigenvalue weighted by molar-refractivity contribution is 5.99. The van der Waals surface area contributed by atoms with Crippen LogP contribution in [-0.2, 0) is 11.3 Å². The molecule has 2 heterocycles. The van der Waals surface area contributed by atoms with Gasteiger partial charge in [-0.05, 0) is 37.5 Å². The maximum atomic E-state index is 12.6. The number of ether oxygens (including phenoxy) is 1. The van der Waals surface area contributed by atoms with E-state index in [1.165, 1.54) is 11.1 Å². The number of hydrogen-bond acceptors (Lipinski definition) is 3. The first kappa shape index (κ1) is 17.8. The number of rotatable bonds is 4. The number of aryl methyl sites for hydroxylation is 1. The zero-order chi connectivity index (χ0) is 18.6. The summed E-state index contributed by atoms with van der Waals surface area (Å²) in [6, 6.07) is 16.8. The van der Waals surface area contributed by atoms with Gasteiger partial charge in [-0.25, -0.2) is 0 Å². The molecule has 0 spiro atoms. The Balaban J connectivity index is 1.29. The number of nitrogens with zero attached hydrogens (tertiary/aromatic N) is 1. The fourth-order valence-corrected chi connectivity index (χ4v) is 3.83. The highest BCUT2D eigenvalue weighted by Crippen LogP contribution is 2.26. The van der Waals surface area contributed by atoms with E-state index in [4.69, 9.17) is 4.74 Å². The van der Waals surface area contributed by atoms with Gasteiger partial charge in [0.05, 0.1) is 5.57 Å². The summed E-state index contributed by atoms with van der Waals surface area (Å²) in [4.78, 5) is 15.1. The molecule has 2 aliphatic heterocycles. The number of hydrogen-bond donors (Lipinski definition) is 1. The monoisotopic (exact) mass is 362 g/mol. The van der Waals surface area contributed by atoms with E-state index in [-0.39, 0.29) is 11.9 Å². The normalized spacial score (nSPS) is 17.6. The average molecular weight is 362 g/mol. The summed E-state index contributed by atoms with van der Waals surface area (Å²) in [5, 5.41) is 3.20. The molecule has 0 unspecified atom stereocenters. The zero-order valence-electron chi connectivity index (χ0n) is 15.8. The molecule has 2 aromatic rings. The molecule has 27 heavy (non-hydrogen) atoms. The van der Waals surface area contributed by atoms with Gasteiger partial charge in [0.15, 0.2) is 0 Å². The average Bonchev–Trinajstić information content (AvgIpc) is 2.69. The molecule has 4 heteroatoms. The fourth-order valence-electron chi connectivity index (χ4n) is 3.83. The van der Waals surface area contributed by atoms with Crippen molar-refractivity contribution in [1.29, 1.82) is 0 Å². The van der Waals surface area contributed by atoms with Crippen LogP contribution in [0.25, 0.3) is 6.08 Å². The first-order chi connectivity index (χ1) is 13.2. The van der Waals surface area contributed by atoms with Crippen molar-refractivity contribution in [3.05, 3.63) is 70.8 Å². The molecule has 2 aromatic carbocycles. The van der Waals surface area contributed by atoms with Crippen LogP contribution < -0.4 is 10.1 Å². The van der Waals surface area contributed by atoms with Crippen LogP contribution in [0, 0.1) is 6.92 Å². The highest BCUT2D eigenvalue weighted by atomic mass is 16.5. The van der Waals surface area contributed by atoms with E-state index in [0.717, 1.165) is 43.8 Å². The first-order valence-corrected chi connectivity index (χ1v) is 9.68. The minimum atomic E-state index is 0.00152. The lowest BCUT2D eigenvalue weighted by molar-refractivity contribution is -0.118. The van der Waals surface area contributed by atoms with Crippen molar-refractivity contribution < 1.29 is 9.53 Å². The van der Waals surface area contributed by atoms with E-state index in [9.17, 15) is 4.79 Å². The number of nitrogens with one attached hydrogen (secondary N) is 1. The molecule has 0 atom stereocenters. The molecule has 4 rings (SSSR count). The molecule has 0 bridgehead atoms. The Bertz CT molecular complexity index is 851. The molecule has 0 saturated carbocycles. The first-order valence-electron chi connectivity index (χ1n) is 9.68. The maximum absolute atomic E-state index is 12.6. The molecule has 140 valence electrons. The van der Waals surface area contributed by atoms with Gasteiger partial charge in [0.1, 0.15) is 12.4 Å². The van der Waals surface area contributed by atoms with E-state index in [0.29, 0.717) is 12.2 Å². The van der Waals surface area contributed by atoms with Gasteiger partial charge in [0, 0.05) is 31.2 Å². The number of amides is 1. The summed E-state index contributed by atoms with van der Waals surface area (Å²) in [5.74, 6) is 0.847. The second-order valence-corrected chi connectivity index (χ2v) is 7.51. The van der Waals surface area contributed by atoms with Gasteiger partial charge >= 0.3 is 0 Å². The van der Waals surface area contributed by atoms with E-state index in [1.54, 1.807) is 0 Å². The molecule has 0 aromatic heterocycles. The van der Waals surface area contributed by atoms with Gasteiger partial charge < -0.3 is 10.1 Å². The third kappa shape index (κ3) is 4.40. The van der Waals surface area contributed by atoms with E-state index < -0.39 is 0 Å². The molecule has 2 aliphatic rings. The van der Waals surface area contributed by atoms with E-state index in [1.807, 2.05) is 30.3 Å². The van der Waals surface area contributed by atoms with Gasteiger partial charge in [-0.2, -0.15) is 0 Å². The van der Waals surface area contributed by atoms with E-state index in [2.05, 4.69) is 41.4 Å². The maximum Gasteiger partial charge on any atom is 0.250 e. The summed E-state index contributed by atoms with van der Waals surface area (Å²) in [6.07, 6.45) is 3.92. The minimum Gasteiger partial charge on any atom is -0.488 e. The Morgan fingerprint density at radius 3 is 2.78 bits per heavy atom. The summed E-state index contributed by atoms with van der Waals surface area (Å²) in [7, 11) is 0. The van der Waals surface area contributed by atoms with Crippen LogP contribution in [0.1, 0.15) is 29.5 Å². The van der Waals surface area contributed by atoms with E-state index >= 15 is 0 Å². The van der Waals surface area contributed by atoms with Crippen molar-refractivity contribution in [2.24, 2.45) is 0 Å². The van der Waals surface area contributed by atoms with Gasteiger partial charge in [-0.1, -0.05) is 48.0 Å². The van der Waals surface area contributed by atoms with Crippen molar-refractivity contribution in [1.82, 2.24) is 10.2 Å². The van der Waals surface area contributed by atoms with Crippen LogP contribution in [-0.4, -0.2) is 36.5 Å². The minimum absolute atomic E-state index is 0.00152. The van der Waals surface area contributed by atoms with Crippen LogP contribution in [0.4, 0.5) is 0 Å². The second-order valence-electron chi connectivity index (χ2n) is 7.51. The molecule has 0 aliphatic carbocycles. The number of benzene rings is 2. The van der Waals surface area contributed by atoms with Crippen LogP contribution in [0.2, 0.25) is 0 Å². The predicted molar refractivity (Wildman–Crippen MR) is 108 cm³/mol. The van der Waals surface area contributed by atoms with Gasteiger partial charge in [-0.15, -0.1) is 0 Å². The molecule has 0 radical (unpaired) electrons. The Labute approximate surface area is 160 Å². The molecule has 1 fully saturated rings. The molecular formula is C23H26N2O2. The van der Waals surface area contributed by atoms with Gasteiger partial charge in [-0.3, -0.25) is 9.69 Å². The van der Waals surface area contributed by atoms with Crippen LogP contribution in [0.5, 0.6) is 5.75 Å². The number of fused-ring (bicyclic) bond motifs is 1. The Morgan fingerprint density at radius 1 is 1.15 bits per heavy atom. The smallest absolute Gasteiger partial charge is 0.250 e. The van der Waals surface area contributed by atoms with Crippen LogP contribution >= 0.6 is 0 Å². The van der Waals surface area contributed by atoms with Crippen molar-refractivity contribution in [3.8, 4) is 5.75 Å². The number of para-hydroxylation sites is 1. The number of carbonyl (C=O) groups excluding carboxylic acids is 1. The fraction of sp³-hybridized carbons (Fsp3) is 0.348. The van der Waals surface area contributed by atoms with Gasteiger partial charge in [0.2, 0.25) is 0 Å². The van der Waals surface area contributed by atoms with Crippen molar-refractivity contribution in [3.63, 3.8) is 0 Å². The molecular weight excluding hydrogens is 336 g/mol. The molecule has 1 amide bonds. The lowest BCUT2D eigenvalue weighted by atomic mass is 10.0. The third-order valence-electron chi connectivity index (χ3n) is 5.34. The molecule has 4 nitrogen and oxygen atoms in total. The van der Waals surface area contributed by atoms with Crippen LogP contribution in [0.3, 0.4) is 0 Å². The summed E-state index contributed by atoms with van der Waals surface area (Å²) < 4.78 is 5.70. The van der Waals surface area contributed by atoms with Crippen molar-refractivity contribution in [2.45, 2.75) is 32.4 Å². The molecule has 1 N–H and O–H groups in total. The largest absolute Gasteiger partial charge is 0.488 e. The standard InChI is InChI=1S/C23H26N2O2/c1-17-5-4-6-18(13-17)15-25-11-9-21(10-12-25)24-23(26)20-14-19-7-2-3-8-22(19)27-16-20/h2-8,13-14,21H,9-12,15-16H2,1H3,(H,24,26). The number of likely N-dealkylation sites (tertiary alicyclic amines) is 1. The second kappa shape index (κ2) is 7.97.